The van der Waals surface area contributed by atoms with Crippen molar-refractivity contribution in [1.82, 2.24) is 5.32 Å². The molecule has 0 aromatic heterocycles. The number of nitrogens with one attached hydrogen (secondary N) is 2. The molecule has 0 saturated carbocycles. The summed E-state index contributed by atoms with van der Waals surface area (Å²) < 4.78 is 45.3. The summed E-state index contributed by atoms with van der Waals surface area (Å²) in [6, 6.07) is 12.4. The van der Waals surface area contributed by atoms with E-state index >= 15 is 0 Å². The van der Waals surface area contributed by atoms with Crippen molar-refractivity contribution in [1.29, 1.82) is 0 Å². The normalized spacial score (nSPS) is 12.9. The summed E-state index contributed by atoms with van der Waals surface area (Å²) in [4.78, 5) is 36.3. The Morgan fingerprint density at radius 1 is 0.968 bits per heavy atom. The Morgan fingerprint density at radius 2 is 1.58 bits per heavy atom. The average Bonchev–Trinajstić information content (AvgIpc) is 2.68. The first-order chi connectivity index (χ1) is 14.5. The molecule has 0 spiro atoms. The Hall–Kier alpha value is -3.56. The molecule has 0 bridgehead atoms. The fourth-order valence-corrected chi connectivity index (χ4v) is 2.48. The predicted octanol–water partition coefficient (Wildman–Crippen LogP) is 3.66. The molecule has 31 heavy (non-hydrogen) atoms. The van der Waals surface area contributed by atoms with E-state index in [0.717, 1.165) is 12.1 Å². The van der Waals surface area contributed by atoms with Crippen molar-refractivity contribution in [2.24, 2.45) is 0 Å². The van der Waals surface area contributed by atoms with Crippen LogP contribution in [0.4, 0.5) is 18.9 Å². The van der Waals surface area contributed by atoms with Gasteiger partial charge in [0, 0.05) is 17.3 Å². The van der Waals surface area contributed by atoms with Crippen LogP contribution in [-0.2, 0) is 14.3 Å². The number of hydrogen-bond acceptors (Lipinski definition) is 5. The van der Waals surface area contributed by atoms with Gasteiger partial charge in [0.25, 0.3) is 11.8 Å². The molecule has 2 aromatic rings. The van der Waals surface area contributed by atoms with Crippen molar-refractivity contribution in [3.05, 3.63) is 60.2 Å². The maximum Gasteiger partial charge on any atom is 0.573 e. The summed E-state index contributed by atoms with van der Waals surface area (Å²) in [5.74, 6) is -2.14. The number of halogens is 3. The van der Waals surface area contributed by atoms with Crippen LogP contribution in [0.1, 0.15) is 30.6 Å². The Labute approximate surface area is 176 Å². The van der Waals surface area contributed by atoms with Gasteiger partial charge in [0.2, 0.25) is 0 Å². The smallest absolute Gasteiger partial charge is 0.452 e. The zero-order valence-corrected chi connectivity index (χ0v) is 16.7. The molecule has 2 aromatic carbocycles. The van der Waals surface area contributed by atoms with E-state index in [9.17, 15) is 27.6 Å². The number of esters is 1. The van der Waals surface area contributed by atoms with Gasteiger partial charge in [-0.2, -0.15) is 0 Å². The molecule has 2 rings (SSSR count). The summed E-state index contributed by atoms with van der Waals surface area (Å²) in [5, 5.41) is 5.08. The third-order valence-corrected chi connectivity index (χ3v) is 3.92. The first kappa shape index (κ1) is 23.7. The molecule has 0 radical (unpaired) electrons. The lowest BCUT2D eigenvalue weighted by Gasteiger charge is -2.17. The van der Waals surface area contributed by atoms with Gasteiger partial charge in [0.15, 0.2) is 6.10 Å². The predicted molar refractivity (Wildman–Crippen MR) is 105 cm³/mol. The van der Waals surface area contributed by atoms with Crippen LogP contribution in [0.3, 0.4) is 0 Å². The standard InChI is InChI=1S/C21H21F3N2O5/c1-13(25-20(29)15-6-4-3-5-7-15)12-18(27)30-14(2)19(28)26-16-8-10-17(11-9-16)31-21(22,23)24/h3-11,13-14H,12H2,1-2H3,(H,25,29)(H,26,28). The van der Waals surface area contributed by atoms with Crippen molar-refractivity contribution in [3.8, 4) is 5.75 Å². The van der Waals surface area contributed by atoms with Crippen LogP contribution in [0.25, 0.3) is 0 Å². The van der Waals surface area contributed by atoms with Crippen LogP contribution in [0.5, 0.6) is 5.75 Å². The summed E-state index contributed by atoms with van der Waals surface area (Å²) in [6.45, 7) is 2.97. The van der Waals surface area contributed by atoms with Crippen molar-refractivity contribution in [3.63, 3.8) is 0 Å². The van der Waals surface area contributed by atoms with Crippen molar-refractivity contribution < 1.29 is 37.0 Å². The molecule has 0 fully saturated rings. The Kier molecular flexibility index (Phi) is 8.00. The number of ether oxygens (including phenoxy) is 2. The number of rotatable bonds is 8. The van der Waals surface area contributed by atoms with Crippen LogP contribution in [0.2, 0.25) is 0 Å². The van der Waals surface area contributed by atoms with Crippen molar-refractivity contribution in [2.45, 2.75) is 38.8 Å². The molecular formula is C21H21F3N2O5. The highest BCUT2D eigenvalue weighted by molar-refractivity contribution is 5.95. The fraction of sp³-hybridized carbons (Fsp3) is 0.286. The van der Waals surface area contributed by atoms with Gasteiger partial charge >= 0.3 is 12.3 Å². The highest BCUT2D eigenvalue weighted by atomic mass is 19.4. The number of carbonyl (C=O) groups excluding carboxylic acids is 3. The summed E-state index contributed by atoms with van der Waals surface area (Å²) in [7, 11) is 0. The highest BCUT2D eigenvalue weighted by Crippen LogP contribution is 2.24. The first-order valence-electron chi connectivity index (χ1n) is 9.25. The maximum atomic E-state index is 12.2. The van der Waals surface area contributed by atoms with Gasteiger partial charge in [0.1, 0.15) is 5.75 Å². The van der Waals surface area contributed by atoms with E-state index in [1.165, 1.54) is 19.1 Å². The summed E-state index contributed by atoms with van der Waals surface area (Å²) in [6.07, 6.45) is -6.12. The molecule has 2 unspecified atom stereocenters. The Balaban J connectivity index is 1.79. The lowest BCUT2D eigenvalue weighted by molar-refractivity contribution is -0.274. The molecule has 0 heterocycles. The van der Waals surface area contributed by atoms with Gasteiger partial charge in [-0.05, 0) is 50.2 Å². The van der Waals surface area contributed by atoms with Gasteiger partial charge in [0.05, 0.1) is 6.42 Å². The number of carbonyl (C=O) groups is 3. The van der Waals surface area contributed by atoms with E-state index in [1.54, 1.807) is 37.3 Å². The molecule has 7 nitrogen and oxygen atoms in total. The summed E-state index contributed by atoms with van der Waals surface area (Å²) in [5.41, 5.74) is 0.646. The SMILES string of the molecule is CC(CC(=O)OC(C)C(=O)Nc1ccc(OC(F)(F)F)cc1)NC(=O)c1ccccc1. The largest absolute Gasteiger partial charge is 0.573 e. The maximum absolute atomic E-state index is 12.2. The molecule has 0 aliphatic heterocycles. The van der Waals surface area contributed by atoms with Gasteiger partial charge in [-0.3, -0.25) is 14.4 Å². The van der Waals surface area contributed by atoms with Crippen molar-refractivity contribution >= 4 is 23.5 Å². The minimum absolute atomic E-state index is 0.153. The molecule has 0 aliphatic rings. The molecule has 10 heteroatoms. The fourth-order valence-electron chi connectivity index (χ4n) is 2.48. The Bertz CT molecular complexity index is 901. The molecule has 2 N–H and O–H groups in total. The van der Waals surface area contributed by atoms with Gasteiger partial charge in [-0.1, -0.05) is 18.2 Å². The average molecular weight is 438 g/mol. The number of anilines is 1. The lowest BCUT2D eigenvalue weighted by Crippen LogP contribution is -2.36. The third kappa shape index (κ3) is 8.37. The van der Waals surface area contributed by atoms with Crippen LogP contribution in [-0.4, -0.2) is 36.3 Å². The monoisotopic (exact) mass is 438 g/mol. The van der Waals surface area contributed by atoms with Crippen LogP contribution in [0.15, 0.2) is 54.6 Å². The zero-order chi connectivity index (χ0) is 23.0. The number of benzene rings is 2. The second kappa shape index (κ2) is 10.5. The Morgan fingerprint density at radius 3 is 2.16 bits per heavy atom. The molecule has 0 saturated heterocycles. The van der Waals surface area contributed by atoms with Gasteiger partial charge < -0.3 is 20.1 Å². The molecule has 2 atom stereocenters. The van der Waals surface area contributed by atoms with Gasteiger partial charge in [-0.15, -0.1) is 13.2 Å². The zero-order valence-electron chi connectivity index (χ0n) is 16.7. The highest BCUT2D eigenvalue weighted by Gasteiger charge is 2.31. The minimum atomic E-state index is -4.81. The summed E-state index contributed by atoms with van der Waals surface area (Å²) >= 11 is 0. The van der Waals surface area contributed by atoms with Crippen LogP contribution in [0, 0.1) is 0 Å². The number of amides is 2. The second-order valence-corrected chi connectivity index (χ2v) is 6.64. The van der Waals surface area contributed by atoms with Crippen molar-refractivity contribution in [2.75, 3.05) is 5.32 Å². The number of alkyl halides is 3. The van der Waals surface area contributed by atoms with E-state index in [-0.39, 0.29) is 18.0 Å². The van der Waals surface area contributed by atoms with Crippen LogP contribution < -0.4 is 15.4 Å². The molecular weight excluding hydrogens is 417 g/mol. The quantitative estimate of drug-likeness (QED) is 0.614. The molecule has 166 valence electrons. The number of hydrogen-bond donors (Lipinski definition) is 2. The van der Waals surface area contributed by atoms with E-state index in [1.807, 2.05) is 0 Å². The lowest BCUT2D eigenvalue weighted by atomic mass is 10.2. The minimum Gasteiger partial charge on any atom is -0.452 e. The topological polar surface area (TPSA) is 93.7 Å². The van der Waals surface area contributed by atoms with Gasteiger partial charge in [-0.25, -0.2) is 0 Å². The van der Waals surface area contributed by atoms with Crippen LogP contribution >= 0.6 is 0 Å². The van der Waals surface area contributed by atoms with E-state index in [4.69, 9.17) is 4.74 Å². The second-order valence-electron chi connectivity index (χ2n) is 6.64. The van der Waals surface area contributed by atoms with E-state index in [0.29, 0.717) is 5.56 Å². The molecule has 0 aliphatic carbocycles. The van der Waals surface area contributed by atoms with E-state index in [2.05, 4.69) is 15.4 Å². The third-order valence-electron chi connectivity index (χ3n) is 3.92. The van der Waals surface area contributed by atoms with E-state index < -0.39 is 36.1 Å². The molecule has 2 amide bonds. The first-order valence-corrected chi connectivity index (χ1v) is 9.25.